The van der Waals surface area contributed by atoms with Crippen LogP contribution in [0.25, 0.3) is 10.2 Å². The minimum Gasteiger partial charge on any atom is -0.494 e. The Morgan fingerprint density at radius 2 is 1.96 bits per heavy atom. The SMILES string of the molecule is COc1cccc2sc(NC(=O)CCCOCCc3ccccc3)nc12. The molecule has 0 saturated heterocycles. The van der Waals surface area contributed by atoms with Crippen molar-refractivity contribution in [2.75, 3.05) is 25.6 Å². The summed E-state index contributed by atoms with van der Waals surface area (Å²) >= 11 is 1.45. The Kier molecular flexibility index (Phi) is 6.57. The predicted molar refractivity (Wildman–Crippen MR) is 105 cm³/mol. The van der Waals surface area contributed by atoms with Crippen LogP contribution in [0.15, 0.2) is 48.5 Å². The van der Waals surface area contributed by atoms with E-state index in [-0.39, 0.29) is 5.91 Å². The number of nitrogens with one attached hydrogen (secondary N) is 1. The molecule has 136 valence electrons. The Labute approximate surface area is 157 Å². The van der Waals surface area contributed by atoms with Gasteiger partial charge in [-0.15, -0.1) is 0 Å². The molecule has 1 heterocycles. The number of methoxy groups -OCH3 is 1. The van der Waals surface area contributed by atoms with Crippen molar-refractivity contribution in [3.63, 3.8) is 0 Å². The van der Waals surface area contributed by atoms with Crippen LogP contribution in [0.2, 0.25) is 0 Å². The first-order valence-corrected chi connectivity index (χ1v) is 9.43. The van der Waals surface area contributed by atoms with Gasteiger partial charge < -0.3 is 14.8 Å². The average molecular weight is 370 g/mol. The highest BCUT2D eigenvalue weighted by Gasteiger charge is 2.10. The second-order valence-corrected chi connectivity index (χ2v) is 6.86. The fourth-order valence-electron chi connectivity index (χ4n) is 2.59. The number of rotatable bonds is 9. The Balaban J connectivity index is 1.38. The first-order valence-electron chi connectivity index (χ1n) is 8.61. The molecule has 3 aromatic rings. The van der Waals surface area contributed by atoms with E-state index in [4.69, 9.17) is 9.47 Å². The molecule has 0 aliphatic rings. The van der Waals surface area contributed by atoms with Gasteiger partial charge in [0.2, 0.25) is 5.91 Å². The average Bonchev–Trinajstić information content (AvgIpc) is 3.07. The van der Waals surface area contributed by atoms with E-state index in [2.05, 4.69) is 22.4 Å². The molecule has 0 fully saturated rings. The van der Waals surface area contributed by atoms with Crippen LogP contribution in [0.4, 0.5) is 5.13 Å². The molecule has 0 aliphatic heterocycles. The summed E-state index contributed by atoms with van der Waals surface area (Å²) in [5.41, 5.74) is 2.04. The second-order valence-electron chi connectivity index (χ2n) is 5.83. The molecule has 5 nitrogen and oxygen atoms in total. The van der Waals surface area contributed by atoms with Gasteiger partial charge in [-0.2, -0.15) is 0 Å². The number of benzene rings is 2. The molecule has 6 heteroatoms. The maximum atomic E-state index is 12.1. The highest BCUT2D eigenvalue weighted by atomic mass is 32.1. The number of hydrogen-bond donors (Lipinski definition) is 1. The third kappa shape index (κ3) is 5.03. The van der Waals surface area contributed by atoms with E-state index in [0.29, 0.717) is 36.9 Å². The van der Waals surface area contributed by atoms with E-state index < -0.39 is 0 Å². The van der Waals surface area contributed by atoms with Gasteiger partial charge in [0, 0.05) is 13.0 Å². The number of thiazole rings is 1. The van der Waals surface area contributed by atoms with E-state index in [1.54, 1.807) is 7.11 Å². The van der Waals surface area contributed by atoms with E-state index in [1.807, 2.05) is 36.4 Å². The number of carbonyl (C=O) groups excluding carboxylic acids is 1. The molecule has 2 aromatic carbocycles. The van der Waals surface area contributed by atoms with Crippen molar-refractivity contribution in [2.24, 2.45) is 0 Å². The van der Waals surface area contributed by atoms with Crippen molar-refractivity contribution < 1.29 is 14.3 Å². The Hall–Kier alpha value is -2.44. The maximum absolute atomic E-state index is 12.1. The van der Waals surface area contributed by atoms with Crippen molar-refractivity contribution in [1.82, 2.24) is 4.98 Å². The van der Waals surface area contributed by atoms with Crippen molar-refractivity contribution in [3.8, 4) is 5.75 Å². The zero-order chi connectivity index (χ0) is 18.2. The van der Waals surface area contributed by atoms with E-state index in [1.165, 1.54) is 16.9 Å². The molecule has 0 unspecified atom stereocenters. The summed E-state index contributed by atoms with van der Waals surface area (Å²) in [4.78, 5) is 16.5. The van der Waals surface area contributed by atoms with E-state index >= 15 is 0 Å². The molecule has 0 atom stereocenters. The molecule has 0 spiro atoms. The molecule has 0 aliphatic carbocycles. The molecular weight excluding hydrogens is 348 g/mol. The van der Waals surface area contributed by atoms with Crippen LogP contribution in [0.5, 0.6) is 5.75 Å². The summed E-state index contributed by atoms with van der Waals surface area (Å²) in [5, 5.41) is 3.45. The van der Waals surface area contributed by atoms with Crippen LogP contribution in [-0.2, 0) is 16.0 Å². The first-order chi connectivity index (χ1) is 12.8. The Bertz CT molecular complexity index is 849. The fraction of sp³-hybridized carbons (Fsp3) is 0.300. The van der Waals surface area contributed by atoms with Crippen LogP contribution in [-0.4, -0.2) is 31.2 Å². The molecule has 1 aromatic heterocycles. The number of hydrogen-bond acceptors (Lipinski definition) is 5. The van der Waals surface area contributed by atoms with E-state index in [0.717, 1.165) is 16.6 Å². The molecule has 1 amide bonds. The molecule has 26 heavy (non-hydrogen) atoms. The monoisotopic (exact) mass is 370 g/mol. The fourth-order valence-corrected chi connectivity index (χ4v) is 3.49. The summed E-state index contributed by atoms with van der Waals surface area (Å²) in [6, 6.07) is 16.0. The minimum atomic E-state index is -0.0466. The van der Waals surface area contributed by atoms with Crippen LogP contribution in [0.3, 0.4) is 0 Å². The largest absolute Gasteiger partial charge is 0.494 e. The lowest BCUT2D eigenvalue weighted by Gasteiger charge is -2.04. The Morgan fingerprint density at radius 1 is 1.12 bits per heavy atom. The summed E-state index contributed by atoms with van der Waals surface area (Å²) in [7, 11) is 1.62. The number of aromatic nitrogens is 1. The second kappa shape index (κ2) is 9.31. The van der Waals surface area contributed by atoms with Gasteiger partial charge in [0.25, 0.3) is 0 Å². The number of ether oxygens (including phenoxy) is 2. The highest BCUT2D eigenvalue weighted by Crippen LogP contribution is 2.32. The van der Waals surface area contributed by atoms with Gasteiger partial charge in [-0.1, -0.05) is 47.7 Å². The lowest BCUT2D eigenvalue weighted by Crippen LogP contribution is -2.12. The third-order valence-electron chi connectivity index (χ3n) is 3.92. The molecule has 3 rings (SSSR count). The molecule has 0 bridgehead atoms. The van der Waals surface area contributed by atoms with Gasteiger partial charge in [0.1, 0.15) is 11.3 Å². The third-order valence-corrected chi connectivity index (χ3v) is 4.85. The molecule has 1 N–H and O–H groups in total. The summed E-state index contributed by atoms with van der Waals surface area (Å²) in [6.45, 7) is 1.25. The number of carbonyl (C=O) groups is 1. The standard InChI is InChI=1S/C20H22N2O3S/c1-24-16-9-5-10-17-19(16)22-20(26-17)21-18(23)11-6-13-25-14-12-15-7-3-2-4-8-15/h2-5,7-10H,6,11-14H2,1H3,(H,21,22,23). The zero-order valence-corrected chi connectivity index (χ0v) is 15.6. The minimum absolute atomic E-state index is 0.0466. The molecule has 0 radical (unpaired) electrons. The zero-order valence-electron chi connectivity index (χ0n) is 14.7. The van der Waals surface area contributed by atoms with Crippen LogP contribution >= 0.6 is 11.3 Å². The van der Waals surface area contributed by atoms with Crippen molar-refractivity contribution in [3.05, 3.63) is 54.1 Å². The summed E-state index contributed by atoms with van der Waals surface area (Å²) in [6.07, 6.45) is 1.99. The quantitative estimate of drug-likeness (QED) is 0.571. The van der Waals surface area contributed by atoms with Crippen LogP contribution < -0.4 is 10.1 Å². The van der Waals surface area contributed by atoms with Crippen molar-refractivity contribution >= 4 is 32.6 Å². The van der Waals surface area contributed by atoms with Gasteiger partial charge in [0.05, 0.1) is 18.4 Å². The highest BCUT2D eigenvalue weighted by molar-refractivity contribution is 7.22. The number of anilines is 1. The van der Waals surface area contributed by atoms with Gasteiger partial charge in [-0.25, -0.2) is 4.98 Å². The normalized spacial score (nSPS) is 10.8. The van der Waals surface area contributed by atoms with Gasteiger partial charge in [-0.3, -0.25) is 4.79 Å². The van der Waals surface area contributed by atoms with Crippen LogP contribution in [0, 0.1) is 0 Å². The smallest absolute Gasteiger partial charge is 0.226 e. The maximum Gasteiger partial charge on any atom is 0.226 e. The molecule has 0 saturated carbocycles. The number of fused-ring (bicyclic) bond motifs is 1. The number of para-hydroxylation sites is 1. The first kappa shape index (κ1) is 18.4. The van der Waals surface area contributed by atoms with Gasteiger partial charge in [-0.05, 0) is 30.5 Å². The number of nitrogens with zero attached hydrogens (tertiary/aromatic N) is 1. The van der Waals surface area contributed by atoms with Gasteiger partial charge >= 0.3 is 0 Å². The van der Waals surface area contributed by atoms with Crippen molar-refractivity contribution in [1.29, 1.82) is 0 Å². The Morgan fingerprint density at radius 3 is 2.77 bits per heavy atom. The van der Waals surface area contributed by atoms with Crippen LogP contribution in [0.1, 0.15) is 18.4 Å². The van der Waals surface area contributed by atoms with Gasteiger partial charge in [0.15, 0.2) is 5.13 Å². The topological polar surface area (TPSA) is 60.5 Å². The lowest BCUT2D eigenvalue weighted by atomic mass is 10.2. The predicted octanol–water partition coefficient (Wildman–Crippen LogP) is 4.28. The number of amides is 1. The summed E-state index contributed by atoms with van der Waals surface area (Å²) in [5.74, 6) is 0.667. The molecular formula is C20H22N2O3S. The summed E-state index contributed by atoms with van der Waals surface area (Å²) < 4.78 is 11.9. The van der Waals surface area contributed by atoms with E-state index in [9.17, 15) is 4.79 Å². The lowest BCUT2D eigenvalue weighted by molar-refractivity contribution is -0.116. The van der Waals surface area contributed by atoms with Crippen molar-refractivity contribution in [2.45, 2.75) is 19.3 Å².